The van der Waals surface area contributed by atoms with E-state index in [1.807, 2.05) is 0 Å². The Kier molecular flexibility index (Phi) is 3.27. The molecule has 0 spiro atoms. The monoisotopic (exact) mass is 263 g/mol. The van der Waals surface area contributed by atoms with E-state index in [1.165, 1.54) is 18.4 Å². The maximum Gasteiger partial charge on any atom is 0.155 e. The molecule has 4 heteroatoms. The Morgan fingerprint density at radius 2 is 2.44 bits per heavy atom. The summed E-state index contributed by atoms with van der Waals surface area (Å²) in [4.78, 5) is 4.55. The van der Waals surface area contributed by atoms with Gasteiger partial charge in [0, 0.05) is 12.6 Å². The molecule has 3 rings (SSSR count). The van der Waals surface area contributed by atoms with Gasteiger partial charge in [-0.05, 0) is 50.4 Å². The fourth-order valence-electron chi connectivity index (χ4n) is 2.81. The largest absolute Gasteiger partial charge is 0.316 e. The molecule has 3 heterocycles. The molecule has 1 atom stereocenters. The minimum Gasteiger partial charge on any atom is -0.316 e. The van der Waals surface area contributed by atoms with Gasteiger partial charge in [-0.15, -0.1) is 0 Å². The predicted molar refractivity (Wildman–Crippen MR) is 74.2 cm³/mol. The maximum atomic E-state index is 6.25. The molecule has 0 saturated carbocycles. The van der Waals surface area contributed by atoms with E-state index in [0.717, 1.165) is 30.9 Å². The number of rotatable bonds is 2. The maximum absolute atomic E-state index is 6.25. The molecular formula is C14H18ClN3. The van der Waals surface area contributed by atoms with E-state index in [0.29, 0.717) is 11.1 Å². The number of nitrogens with one attached hydrogen (secondary N) is 1. The second-order valence-corrected chi connectivity index (χ2v) is 5.50. The second-order valence-electron chi connectivity index (χ2n) is 5.15. The molecular weight excluding hydrogens is 246 g/mol. The third-order valence-electron chi connectivity index (χ3n) is 3.77. The first kappa shape index (κ1) is 12.0. The van der Waals surface area contributed by atoms with Crippen molar-refractivity contribution in [3.8, 4) is 0 Å². The minimum absolute atomic E-state index is 0.631. The number of piperidine rings is 1. The van der Waals surface area contributed by atoms with Crippen molar-refractivity contribution < 1.29 is 0 Å². The number of fused-ring (bicyclic) bond motifs is 1. The predicted octanol–water partition coefficient (Wildman–Crippen LogP) is 2.84. The van der Waals surface area contributed by atoms with Crippen molar-refractivity contribution >= 4 is 17.1 Å². The van der Waals surface area contributed by atoms with E-state index in [2.05, 4.69) is 40.0 Å². The fourth-order valence-corrected chi connectivity index (χ4v) is 3.15. The Bertz CT molecular complexity index is 555. The molecule has 1 saturated heterocycles. The lowest BCUT2D eigenvalue weighted by atomic mass is 9.96. The van der Waals surface area contributed by atoms with Crippen LogP contribution in [0.25, 0.3) is 5.52 Å². The molecule has 1 fully saturated rings. The van der Waals surface area contributed by atoms with Crippen LogP contribution < -0.4 is 5.32 Å². The van der Waals surface area contributed by atoms with E-state index in [4.69, 9.17) is 11.6 Å². The SMILES string of the molecule is Cc1cccn2c(CC3CCCNC3)nc(Cl)c12. The molecule has 96 valence electrons. The number of hydrogen-bond acceptors (Lipinski definition) is 2. The Labute approximate surface area is 112 Å². The summed E-state index contributed by atoms with van der Waals surface area (Å²) in [5.41, 5.74) is 2.24. The van der Waals surface area contributed by atoms with Gasteiger partial charge in [0.25, 0.3) is 0 Å². The first-order valence-electron chi connectivity index (χ1n) is 6.58. The molecule has 2 aromatic heterocycles. The molecule has 0 amide bonds. The van der Waals surface area contributed by atoms with Crippen LogP contribution in [-0.2, 0) is 6.42 Å². The van der Waals surface area contributed by atoms with Gasteiger partial charge in [0.1, 0.15) is 5.82 Å². The van der Waals surface area contributed by atoms with Crippen LogP contribution in [0, 0.1) is 12.8 Å². The number of aromatic nitrogens is 2. The van der Waals surface area contributed by atoms with E-state index in [-0.39, 0.29) is 0 Å². The van der Waals surface area contributed by atoms with Gasteiger partial charge in [0.2, 0.25) is 0 Å². The topological polar surface area (TPSA) is 29.3 Å². The van der Waals surface area contributed by atoms with Crippen LogP contribution in [0.2, 0.25) is 5.15 Å². The van der Waals surface area contributed by atoms with Gasteiger partial charge in [-0.25, -0.2) is 4.98 Å². The van der Waals surface area contributed by atoms with E-state index >= 15 is 0 Å². The number of aryl methyl sites for hydroxylation is 1. The highest BCUT2D eigenvalue weighted by Gasteiger charge is 2.18. The molecule has 18 heavy (non-hydrogen) atoms. The molecule has 0 aromatic carbocycles. The van der Waals surface area contributed by atoms with Crippen molar-refractivity contribution in [1.29, 1.82) is 0 Å². The molecule has 3 nitrogen and oxygen atoms in total. The molecule has 1 N–H and O–H groups in total. The van der Waals surface area contributed by atoms with Crippen LogP contribution in [-0.4, -0.2) is 22.5 Å². The van der Waals surface area contributed by atoms with Gasteiger partial charge in [0.05, 0.1) is 5.52 Å². The summed E-state index contributed by atoms with van der Waals surface area (Å²) < 4.78 is 2.15. The van der Waals surface area contributed by atoms with Crippen LogP contribution in [0.1, 0.15) is 24.2 Å². The van der Waals surface area contributed by atoms with Crippen LogP contribution in [0.5, 0.6) is 0 Å². The summed E-state index contributed by atoms with van der Waals surface area (Å²) in [5, 5.41) is 4.08. The van der Waals surface area contributed by atoms with Crippen molar-refractivity contribution in [1.82, 2.24) is 14.7 Å². The average molecular weight is 264 g/mol. The van der Waals surface area contributed by atoms with Crippen LogP contribution in [0.4, 0.5) is 0 Å². The van der Waals surface area contributed by atoms with Crippen molar-refractivity contribution in [2.24, 2.45) is 5.92 Å². The molecule has 1 aliphatic heterocycles. The van der Waals surface area contributed by atoms with Crippen molar-refractivity contribution in [2.45, 2.75) is 26.2 Å². The van der Waals surface area contributed by atoms with E-state index in [1.54, 1.807) is 0 Å². The Hall–Kier alpha value is -1.06. The Morgan fingerprint density at radius 1 is 1.56 bits per heavy atom. The first-order valence-corrected chi connectivity index (χ1v) is 6.96. The highest BCUT2D eigenvalue weighted by atomic mass is 35.5. The summed E-state index contributed by atoms with van der Waals surface area (Å²) in [6.45, 7) is 4.33. The van der Waals surface area contributed by atoms with Crippen LogP contribution in [0.3, 0.4) is 0 Å². The zero-order valence-electron chi connectivity index (χ0n) is 10.6. The van der Waals surface area contributed by atoms with Crippen LogP contribution >= 0.6 is 11.6 Å². The summed E-state index contributed by atoms with van der Waals surface area (Å²) in [7, 11) is 0. The highest BCUT2D eigenvalue weighted by molar-refractivity contribution is 6.32. The van der Waals surface area contributed by atoms with Gasteiger partial charge in [-0.2, -0.15) is 0 Å². The zero-order valence-corrected chi connectivity index (χ0v) is 11.4. The number of halogens is 1. The number of pyridine rings is 1. The van der Waals surface area contributed by atoms with Crippen molar-refractivity contribution in [3.63, 3.8) is 0 Å². The lowest BCUT2D eigenvalue weighted by molar-refractivity contribution is 0.370. The third-order valence-corrected chi connectivity index (χ3v) is 4.03. The quantitative estimate of drug-likeness (QED) is 0.903. The summed E-state index contributed by atoms with van der Waals surface area (Å²) in [6, 6.07) is 4.14. The van der Waals surface area contributed by atoms with Gasteiger partial charge >= 0.3 is 0 Å². The molecule has 1 unspecified atom stereocenters. The Morgan fingerprint density at radius 3 is 3.22 bits per heavy atom. The fraction of sp³-hybridized carbons (Fsp3) is 0.500. The zero-order chi connectivity index (χ0) is 12.5. The Balaban J connectivity index is 1.94. The van der Waals surface area contributed by atoms with Crippen molar-refractivity contribution in [3.05, 3.63) is 34.9 Å². The average Bonchev–Trinajstić information content (AvgIpc) is 2.69. The smallest absolute Gasteiger partial charge is 0.155 e. The second kappa shape index (κ2) is 4.90. The van der Waals surface area contributed by atoms with Gasteiger partial charge in [-0.1, -0.05) is 17.7 Å². The number of hydrogen-bond donors (Lipinski definition) is 1. The number of nitrogens with zero attached hydrogens (tertiary/aromatic N) is 2. The summed E-state index contributed by atoms with van der Waals surface area (Å²) in [6.07, 6.45) is 5.61. The minimum atomic E-state index is 0.631. The highest BCUT2D eigenvalue weighted by Crippen LogP contribution is 2.24. The number of imidazole rings is 1. The van der Waals surface area contributed by atoms with E-state index in [9.17, 15) is 0 Å². The lowest BCUT2D eigenvalue weighted by Gasteiger charge is -2.22. The molecule has 0 aliphatic carbocycles. The molecule has 0 radical (unpaired) electrons. The summed E-state index contributed by atoms with van der Waals surface area (Å²) in [5.74, 6) is 1.77. The summed E-state index contributed by atoms with van der Waals surface area (Å²) >= 11 is 6.25. The third kappa shape index (κ3) is 2.13. The molecule has 1 aliphatic rings. The van der Waals surface area contributed by atoms with Crippen LogP contribution in [0.15, 0.2) is 18.3 Å². The van der Waals surface area contributed by atoms with Crippen molar-refractivity contribution in [2.75, 3.05) is 13.1 Å². The molecule has 2 aromatic rings. The first-order chi connectivity index (χ1) is 8.75. The lowest BCUT2D eigenvalue weighted by Crippen LogP contribution is -2.31. The standard InChI is InChI=1S/C14H18ClN3/c1-10-4-3-7-18-12(17-14(15)13(10)18)8-11-5-2-6-16-9-11/h3-4,7,11,16H,2,5-6,8-9H2,1H3. The van der Waals surface area contributed by atoms with Gasteiger partial charge in [-0.3, -0.25) is 0 Å². The van der Waals surface area contributed by atoms with Gasteiger partial charge in [0.15, 0.2) is 5.15 Å². The van der Waals surface area contributed by atoms with Gasteiger partial charge < -0.3 is 9.72 Å². The normalized spacial score (nSPS) is 20.4. The van der Waals surface area contributed by atoms with E-state index < -0.39 is 0 Å². The molecule has 0 bridgehead atoms.